The monoisotopic (exact) mass is 292 g/mol. The van der Waals surface area contributed by atoms with Gasteiger partial charge < -0.3 is 5.32 Å². The number of anilines is 1. The third-order valence-corrected chi connectivity index (χ3v) is 4.02. The molecule has 0 saturated carbocycles. The largest absolute Gasteiger partial charge is 0.350 e. The summed E-state index contributed by atoms with van der Waals surface area (Å²) in [5.41, 5.74) is 0. The molecule has 0 bridgehead atoms. The van der Waals surface area contributed by atoms with Crippen LogP contribution in [0.1, 0.15) is 50.2 Å². The molecule has 3 rings (SSSR count). The van der Waals surface area contributed by atoms with Crippen LogP contribution >= 0.6 is 11.5 Å². The molecule has 0 radical (unpaired) electrons. The molecule has 3 heterocycles. The molecular weight excluding hydrogens is 272 g/mol. The maximum Gasteiger partial charge on any atom is 0.203 e. The predicted molar refractivity (Wildman–Crippen MR) is 78.8 cm³/mol. The van der Waals surface area contributed by atoms with Crippen molar-refractivity contribution in [2.75, 3.05) is 5.32 Å². The van der Waals surface area contributed by atoms with E-state index in [4.69, 9.17) is 0 Å². The van der Waals surface area contributed by atoms with Gasteiger partial charge in [0.05, 0.1) is 6.04 Å². The number of aryl methyl sites for hydroxylation is 2. The van der Waals surface area contributed by atoms with E-state index in [1.54, 1.807) is 0 Å². The first-order valence-corrected chi connectivity index (χ1v) is 7.89. The quantitative estimate of drug-likeness (QED) is 0.938. The Bertz CT molecular complexity index is 587. The van der Waals surface area contributed by atoms with Gasteiger partial charge in [-0.3, -0.25) is 0 Å². The average molecular weight is 292 g/mol. The van der Waals surface area contributed by atoms with Gasteiger partial charge in [0.1, 0.15) is 17.5 Å². The van der Waals surface area contributed by atoms with Crippen LogP contribution in [-0.4, -0.2) is 24.1 Å². The average Bonchev–Trinajstić information content (AvgIpc) is 2.95. The van der Waals surface area contributed by atoms with Crippen molar-refractivity contribution in [3.63, 3.8) is 0 Å². The SMILES string of the molecule is Cc1nc2n(n1)CCCC2Nc1nc(CC(C)C)ns1. The van der Waals surface area contributed by atoms with Crippen LogP contribution in [0.4, 0.5) is 5.13 Å². The van der Waals surface area contributed by atoms with Crippen molar-refractivity contribution in [2.45, 2.75) is 52.6 Å². The molecule has 6 nitrogen and oxygen atoms in total. The minimum Gasteiger partial charge on any atom is -0.350 e. The van der Waals surface area contributed by atoms with E-state index < -0.39 is 0 Å². The molecular formula is C13H20N6S. The zero-order chi connectivity index (χ0) is 14.1. The molecule has 1 aliphatic heterocycles. The molecule has 2 aromatic heterocycles. The van der Waals surface area contributed by atoms with Gasteiger partial charge in [-0.05, 0) is 25.7 Å². The van der Waals surface area contributed by atoms with Crippen molar-refractivity contribution < 1.29 is 0 Å². The first-order chi connectivity index (χ1) is 9.61. The lowest BCUT2D eigenvalue weighted by Crippen LogP contribution is -2.22. The number of nitrogens with one attached hydrogen (secondary N) is 1. The van der Waals surface area contributed by atoms with Crippen molar-refractivity contribution in [3.8, 4) is 0 Å². The molecule has 0 spiro atoms. The zero-order valence-corrected chi connectivity index (χ0v) is 12.9. The van der Waals surface area contributed by atoms with E-state index >= 15 is 0 Å². The molecule has 108 valence electrons. The number of hydrogen-bond acceptors (Lipinski definition) is 6. The molecule has 20 heavy (non-hydrogen) atoms. The van der Waals surface area contributed by atoms with Gasteiger partial charge in [-0.25, -0.2) is 14.6 Å². The van der Waals surface area contributed by atoms with Crippen LogP contribution in [0.2, 0.25) is 0 Å². The summed E-state index contributed by atoms with van der Waals surface area (Å²) in [6, 6.07) is 0.199. The van der Waals surface area contributed by atoms with Crippen molar-refractivity contribution in [3.05, 3.63) is 17.5 Å². The lowest BCUT2D eigenvalue weighted by atomic mass is 10.1. The lowest BCUT2D eigenvalue weighted by molar-refractivity contribution is 0.437. The highest BCUT2D eigenvalue weighted by Gasteiger charge is 2.24. The summed E-state index contributed by atoms with van der Waals surface area (Å²) in [5.74, 6) is 3.37. The van der Waals surface area contributed by atoms with Gasteiger partial charge in [-0.1, -0.05) is 13.8 Å². The summed E-state index contributed by atoms with van der Waals surface area (Å²) in [6.07, 6.45) is 3.11. The normalized spacial score (nSPS) is 18.3. The van der Waals surface area contributed by atoms with E-state index in [1.165, 1.54) is 11.5 Å². The maximum absolute atomic E-state index is 4.56. The molecule has 1 N–H and O–H groups in total. The third-order valence-electron chi connectivity index (χ3n) is 3.34. The van der Waals surface area contributed by atoms with Crippen LogP contribution < -0.4 is 5.32 Å². The second-order valence-corrected chi connectivity index (χ2v) is 6.45. The minimum absolute atomic E-state index is 0.199. The van der Waals surface area contributed by atoms with Crippen molar-refractivity contribution in [1.29, 1.82) is 0 Å². The van der Waals surface area contributed by atoms with Crippen LogP contribution in [0.15, 0.2) is 0 Å². The van der Waals surface area contributed by atoms with E-state index in [0.29, 0.717) is 5.92 Å². The van der Waals surface area contributed by atoms with Gasteiger partial charge in [0.25, 0.3) is 0 Å². The number of rotatable bonds is 4. The Morgan fingerprint density at radius 3 is 3.05 bits per heavy atom. The highest BCUT2D eigenvalue weighted by molar-refractivity contribution is 7.09. The van der Waals surface area contributed by atoms with E-state index in [-0.39, 0.29) is 6.04 Å². The van der Waals surface area contributed by atoms with E-state index in [0.717, 1.165) is 48.4 Å². The third kappa shape index (κ3) is 2.82. The highest BCUT2D eigenvalue weighted by atomic mass is 32.1. The Balaban J connectivity index is 1.73. The van der Waals surface area contributed by atoms with Gasteiger partial charge in [0.2, 0.25) is 5.13 Å². The van der Waals surface area contributed by atoms with Gasteiger partial charge >= 0.3 is 0 Å². The summed E-state index contributed by atoms with van der Waals surface area (Å²) in [4.78, 5) is 9.09. The summed E-state index contributed by atoms with van der Waals surface area (Å²) >= 11 is 1.44. The summed E-state index contributed by atoms with van der Waals surface area (Å²) in [5, 5.41) is 8.77. The Kier molecular flexibility index (Phi) is 3.69. The van der Waals surface area contributed by atoms with Crippen LogP contribution in [0.25, 0.3) is 0 Å². The Hall–Kier alpha value is -1.50. The molecule has 7 heteroatoms. The van der Waals surface area contributed by atoms with Crippen molar-refractivity contribution in [1.82, 2.24) is 24.1 Å². The Morgan fingerprint density at radius 1 is 1.40 bits per heavy atom. The van der Waals surface area contributed by atoms with E-state index in [1.807, 2.05) is 11.6 Å². The predicted octanol–water partition coefficient (Wildman–Crippen LogP) is 2.58. The smallest absolute Gasteiger partial charge is 0.203 e. The van der Waals surface area contributed by atoms with Gasteiger partial charge in [0, 0.05) is 24.5 Å². The molecule has 0 fully saturated rings. The number of fused-ring (bicyclic) bond motifs is 1. The zero-order valence-electron chi connectivity index (χ0n) is 12.1. The fourth-order valence-corrected chi connectivity index (χ4v) is 3.16. The molecule has 1 aliphatic rings. The second kappa shape index (κ2) is 5.47. The van der Waals surface area contributed by atoms with Gasteiger partial charge in [0.15, 0.2) is 0 Å². The number of hydrogen-bond donors (Lipinski definition) is 1. The van der Waals surface area contributed by atoms with Crippen LogP contribution in [0.5, 0.6) is 0 Å². The first-order valence-electron chi connectivity index (χ1n) is 7.12. The summed E-state index contributed by atoms with van der Waals surface area (Å²) < 4.78 is 6.41. The minimum atomic E-state index is 0.199. The second-order valence-electron chi connectivity index (χ2n) is 5.69. The molecule has 1 unspecified atom stereocenters. The first kappa shape index (κ1) is 13.5. The van der Waals surface area contributed by atoms with Crippen molar-refractivity contribution >= 4 is 16.7 Å². The molecule has 2 aromatic rings. The van der Waals surface area contributed by atoms with Gasteiger partial charge in [-0.15, -0.1) is 0 Å². The van der Waals surface area contributed by atoms with Crippen LogP contribution in [0, 0.1) is 12.8 Å². The Labute approximate surface area is 122 Å². The van der Waals surface area contributed by atoms with E-state index in [2.05, 4.69) is 38.6 Å². The fraction of sp³-hybridized carbons (Fsp3) is 0.692. The summed E-state index contributed by atoms with van der Waals surface area (Å²) in [7, 11) is 0. The highest BCUT2D eigenvalue weighted by Crippen LogP contribution is 2.28. The van der Waals surface area contributed by atoms with Crippen LogP contribution in [-0.2, 0) is 13.0 Å². The number of aromatic nitrogens is 5. The molecule has 0 amide bonds. The summed E-state index contributed by atoms with van der Waals surface area (Å²) in [6.45, 7) is 7.26. The van der Waals surface area contributed by atoms with Gasteiger partial charge in [-0.2, -0.15) is 9.47 Å². The molecule has 1 atom stereocenters. The topological polar surface area (TPSA) is 68.5 Å². The number of nitrogens with zero attached hydrogens (tertiary/aromatic N) is 5. The lowest BCUT2D eigenvalue weighted by Gasteiger charge is -2.22. The standard InChI is InChI=1S/C13H20N6S/c1-8(2)7-11-16-13(20-18-11)15-10-5-4-6-19-12(10)14-9(3)17-19/h8,10H,4-7H2,1-3H3,(H,15,16,18). The molecule has 0 aliphatic carbocycles. The molecule has 0 aromatic carbocycles. The fourth-order valence-electron chi connectivity index (χ4n) is 2.51. The van der Waals surface area contributed by atoms with Crippen molar-refractivity contribution in [2.24, 2.45) is 5.92 Å². The maximum atomic E-state index is 4.56. The Morgan fingerprint density at radius 2 is 2.25 bits per heavy atom. The van der Waals surface area contributed by atoms with Crippen LogP contribution in [0.3, 0.4) is 0 Å². The van der Waals surface area contributed by atoms with E-state index in [9.17, 15) is 0 Å². The molecule has 0 saturated heterocycles.